The van der Waals surface area contributed by atoms with Crippen molar-refractivity contribution in [3.63, 3.8) is 0 Å². The molecule has 2 fully saturated rings. The Morgan fingerprint density at radius 3 is 2.88 bits per heavy atom. The van der Waals surface area contributed by atoms with Crippen LogP contribution in [0.2, 0.25) is 0 Å². The molecule has 6 nitrogen and oxygen atoms in total. The fourth-order valence-electron chi connectivity index (χ4n) is 3.28. The monoisotopic (exact) mass is 332 g/mol. The van der Waals surface area contributed by atoms with Gasteiger partial charge in [0.1, 0.15) is 11.9 Å². The van der Waals surface area contributed by atoms with Crippen LogP contribution in [0.3, 0.4) is 0 Å². The van der Waals surface area contributed by atoms with Gasteiger partial charge in [0.25, 0.3) is 5.91 Å². The molecule has 0 bridgehead atoms. The van der Waals surface area contributed by atoms with Crippen LogP contribution in [0.1, 0.15) is 32.6 Å². The minimum Gasteiger partial charge on any atom is -0.494 e. The molecular weight excluding hydrogens is 308 g/mol. The van der Waals surface area contributed by atoms with Crippen molar-refractivity contribution in [1.29, 1.82) is 0 Å². The van der Waals surface area contributed by atoms with Crippen molar-refractivity contribution < 1.29 is 19.1 Å². The summed E-state index contributed by atoms with van der Waals surface area (Å²) in [6.45, 7) is 3.84. The van der Waals surface area contributed by atoms with E-state index >= 15 is 0 Å². The van der Waals surface area contributed by atoms with Crippen LogP contribution < -0.4 is 10.1 Å². The summed E-state index contributed by atoms with van der Waals surface area (Å²) in [5, 5.41) is 2.81. The first-order chi connectivity index (χ1) is 11.7. The predicted octanol–water partition coefficient (Wildman–Crippen LogP) is 2.19. The minimum atomic E-state index is -0.665. The summed E-state index contributed by atoms with van der Waals surface area (Å²) in [6.07, 6.45) is 2.56. The van der Waals surface area contributed by atoms with Crippen molar-refractivity contribution >= 4 is 17.5 Å². The fraction of sp³-hybridized carbons (Fsp3) is 0.556. The molecule has 2 amide bonds. The summed E-state index contributed by atoms with van der Waals surface area (Å²) in [4.78, 5) is 26.6. The number of rotatable bonds is 5. The van der Waals surface area contributed by atoms with Crippen molar-refractivity contribution in [2.45, 2.75) is 44.8 Å². The molecule has 1 aromatic carbocycles. The van der Waals surface area contributed by atoms with Gasteiger partial charge < -0.3 is 19.7 Å². The number of anilines is 1. The van der Waals surface area contributed by atoms with Crippen molar-refractivity contribution in [2.75, 3.05) is 25.1 Å². The van der Waals surface area contributed by atoms with Gasteiger partial charge in [-0.1, -0.05) is 0 Å². The van der Waals surface area contributed by atoms with Crippen LogP contribution in [0, 0.1) is 0 Å². The van der Waals surface area contributed by atoms with Gasteiger partial charge in [-0.05, 0) is 50.5 Å². The molecule has 2 heterocycles. The van der Waals surface area contributed by atoms with E-state index in [1.807, 2.05) is 11.8 Å². The van der Waals surface area contributed by atoms with E-state index < -0.39 is 6.10 Å². The normalized spacial score (nSPS) is 23.5. The van der Waals surface area contributed by atoms with E-state index in [2.05, 4.69) is 5.32 Å². The molecular formula is C18H24N2O4. The maximum atomic E-state index is 12.5. The highest BCUT2D eigenvalue weighted by Crippen LogP contribution is 2.24. The van der Waals surface area contributed by atoms with Gasteiger partial charge in [-0.3, -0.25) is 9.59 Å². The number of morpholine rings is 1. The average Bonchev–Trinajstić information content (AvgIpc) is 2.60. The number of carbonyl (C=O) groups is 2. The molecule has 6 heteroatoms. The van der Waals surface area contributed by atoms with Crippen LogP contribution in [0.5, 0.6) is 5.75 Å². The Balaban J connectivity index is 1.53. The second-order valence-electron chi connectivity index (χ2n) is 6.21. The first-order valence-corrected chi connectivity index (χ1v) is 8.62. The summed E-state index contributed by atoms with van der Waals surface area (Å²) >= 11 is 0. The lowest BCUT2D eigenvalue weighted by Crippen LogP contribution is -2.56. The van der Waals surface area contributed by atoms with Gasteiger partial charge >= 0.3 is 0 Å². The second kappa shape index (κ2) is 7.66. The standard InChI is InChI=1S/C18H24N2O4/c1-2-23-15-8-6-13(7-9-15)19-17(21)11-16-18(22)20-10-4-3-5-14(20)12-24-16/h6-9,14,16H,2-5,10-12H2,1H3,(H,19,21)/t14-,16+/m0/s1. The van der Waals surface area contributed by atoms with Gasteiger partial charge in [-0.2, -0.15) is 0 Å². The lowest BCUT2D eigenvalue weighted by molar-refractivity contribution is -0.163. The van der Waals surface area contributed by atoms with Gasteiger partial charge in [0.15, 0.2) is 0 Å². The average molecular weight is 332 g/mol. The number of ether oxygens (including phenoxy) is 2. The van der Waals surface area contributed by atoms with E-state index in [0.717, 1.165) is 31.6 Å². The minimum absolute atomic E-state index is 0.0483. The Kier molecular flexibility index (Phi) is 5.35. The number of benzene rings is 1. The summed E-state index contributed by atoms with van der Waals surface area (Å²) < 4.78 is 11.0. The highest BCUT2D eigenvalue weighted by Gasteiger charge is 2.38. The molecule has 2 atom stereocenters. The Labute approximate surface area is 142 Å². The van der Waals surface area contributed by atoms with Crippen molar-refractivity contribution in [3.8, 4) is 5.75 Å². The molecule has 0 radical (unpaired) electrons. The molecule has 2 aliphatic rings. The number of amides is 2. The van der Waals surface area contributed by atoms with E-state index in [9.17, 15) is 9.59 Å². The van der Waals surface area contributed by atoms with Gasteiger partial charge in [-0.15, -0.1) is 0 Å². The number of hydrogen-bond donors (Lipinski definition) is 1. The van der Waals surface area contributed by atoms with Crippen LogP contribution in [0.4, 0.5) is 5.69 Å². The first kappa shape index (κ1) is 16.8. The Morgan fingerprint density at radius 1 is 1.33 bits per heavy atom. The van der Waals surface area contributed by atoms with Crippen LogP contribution >= 0.6 is 0 Å². The van der Waals surface area contributed by atoms with E-state index in [1.165, 1.54) is 0 Å². The molecule has 2 saturated heterocycles. The molecule has 3 rings (SSSR count). The SMILES string of the molecule is CCOc1ccc(NC(=O)C[C@H]2OC[C@@H]3CCCCN3C2=O)cc1. The van der Waals surface area contributed by atoms with Gasteiger partial charge in [0.2, 0.25) is 5.91 Å². The molecule has 1 N–H and O–H groups in total. The molecule has 0 aromatic heterocycles. The van der Waals surface area contributed by atoms with Gasteiger partial charge in [-0.25, -0.2) is 0 Å². The first-order valence-electron chi connectivity index (χ1n) is 8.62. The lowest BCUT2D eigenvalue weighted by atomic mass is 9.99. The third-order valence-corrected chi connectivity index (χ3v) is 4.50. The summed E-state index contributed by atoms with van der Waals surface area (Å²) in [5.41, 5.74) is 0.683. The number of piperidine rings is 1. The topological polar surface area (TPSA) is 67.9 Å². The Bertz CT molecular complexity index is 587. The molecule has 24 heavy (non-hydrogen) atoms. The van der Waals surface area contributed by atoms with Crippen molar-refractivity contribution in [3.05, 3.63) is 24.3 Å². The molecule has 0 unspecified atom stereocenters. The summed E-state index contributed by atoms with van der Waals surface area (Å²) in [6, 6.07) is 7.37. The molecule has 2 aliphatic heterocycles. The van der Waals surface area contributed by atoms with E-state index in [0.29, 0.717) is 18.9 Å². The van der Waals surface area contributed by atoms with E-state index in [-0.39, 0.29) is 24.3 Å². The number of fused-ring (bicyclic) bond motifs is 1. The maximum absolute atomic E-state index is 12.5. The van der Waals surface area contributed by atoms with E-state index in [1.54, 1.807) is 24.3 Å². The van der Waals surface area contributed by atoms with Gasteiger partial charge in [0.05, 0.1) is 25.7 Å². The second-order valence-corrected chi connectivity index (χ2v) is 6.21. The van der Waals surface area contributed by atoms with Gasteiger partial charge in [0, 0.05) is 12.2 Å². The highest BCUT2D eigenvalue weighted by molar-refractivity contribution is 5.95. The lowest BCUT2D eigenvalue weighted by Gasteiger charge is -2.41. The van der Waals surface area contributed by atoms with Crippen LogP contribution in [0.25, 0.3) is 0 Å². The third-order valence-electron chi connectivity index (χ3n) is 4.50. The zero-order valence-corrected chi connectivity index (χ0v) is 14.0. The molecule has 1 aromatic rings. The van der Waals surface area contributed by atoms with E-state index in [4.69, 9.17) is 9.47 Å². The number of carbonyl (C=O) groups excluding carboxylic acids is 2. The Morgan fingerprint density at radius 2 is 2.12 bits per heavy atom. The molecule has 0 aliphatic carbocycles. The summed E-state index contributed by atoms with van der Waals surface area (Å²) in [5.74, 6) is 0.498. The summed E-state index contributed by atoms with van der Waals surface area (Å²) in [7, 11) is 0. The number of hydrogen-bond acceptors (Lipinski definition) is 4. The van der Waals surface area contributed by atoms with Crippen molar-refractivity contribution in [1.82, 2.24) is 4.90 Å². The largest absolute Gasteiger partial charge is 0.494 e. The predicted molar refractivity (Wildman–Crippen MR) is 89.9 cm³/mol. The number of nitrogens with one attached hydrogen (secondary N) is 1. The molecule has 0 saturated carbocycles. The van der Waals surface area contributed by atoms with Crippen LogP contribution in [-0.4, -0.2) is 48.6 Å². The van der Waals surface area contributed by atoms with Crippen LogP contribution in [0.15, 0.2) is 24.3 Å². The number of nitrogens with zero attached hydrogens (tertiary/aromatic N) is 1. The molecule has 0 spiro atoms. The van der Waals surface area contributed by atoms with Crippen molar-refractivity contribution in [2.24, 2.45) is 0 Å². The van der Waals surface area contributed by atoms with Crippen LogP contribution in [-0.2, 0) is 14.3 Å². The quantitative estimate of drug-likeness (QED) is 0.897. The zero-order chi connectivity index (χ0) is 16.9. The third kappa shape index (κ3) is 3.87. The molecule has 130 valence electrons. The fourth-order valence-corrected chi connectivity index (χ4v) is 3.28. The zero-order valence-electron chi connectivity index (χ0n) is 14.0. The Hall–Kier alpha value is -2.08. The highest BCUT2D eigenvalue weighted by atomic mass is 16.5. The smallest absolute Gasteiger partial charge is 0.252 e. The maximum Gasteiger partial charge on any atom is 0.252 e.